The van der Waals surface area contributed by atoms with Crippen molar-refractivity contribution in [2.75, 3.05) is 13.7 Å². The number of aromatic amines is 1. The fourth-order valence-electron chi connectivity index (χ4n) is 4.00. The average Bonchev–Trinajstić information content (AvgIpc) is 2.87. The van der Waals surface area contributed by atoms with Crippen molar-refractivity contribution in [1.29, 1.82) is 0 Å². The van der Waals surface area contributed by atoms with E-state index in [1.54, 1.807) is 19.2 Å². The highest BCUT2D eigenvalue weighted by atomic mass is 35.5. The van der Waals surface area contributed by atoms with Gasteiger partial charge in [0, 0.05) is 24.0 Å². The van der Waals surface area contributed by atoms with Crippen molar-refractivity contribution >= 4 is 23.3 Å². The maximum Gasteiger partial charge on any atom is 0.248 e. The zero-order valence-corrected chi connectivity index (χ0v) is 20.7. The number of nitrogens with one attached hydrogen (secondary N) is 2. The van der Waals surface area contributed by atoms with E-state index in [-0.39, 0.29) is 24.0 Å². The predicted octanol–water partition coefficient (Wildman–Crippen LogP) is 4.79. The smallest absolute Gasteiger partial charge is 0.248 e. The highest BCUT2D eigenvalue weighted by molar-refractivity contribution is 5.87. The van der Waals surface area contributed by atoms with Gasteiger partial charge in [-0.1, -0.05) is 48.5 Å². The van der Waals surface area contributed by atoms with Crippen LogP contribution in [-0.4, -0.2) is 29.8 Å². The predicted molar refractivity (Wildman–Crippen MR) is 142 cm³/mol. The SMILES string of the molecule is COc1ccc(C[C@H](C)NC[C@H](O)c2ccc(OCc3ccccc3)c3[nH]c(=O)ccc23)cc1.Cl. The topological polar surface area (TPSA) is 83.6 Å². The van der Waals surface area contributed by atoms with Crippen LogP contribution in [-0.2, 0) is 13.0 Å². The number of pyridine rings is 1. The number of fused-ring (bicyclic) bond motifs is 1. The molecule has 3 N–H and O–H groups in total. The van der Waals surface area contributed by atoms with Gasteiger partial charge in [0.2, 0.25) is 5.56 Å². The molecule has 0 aliphatic carbocycles. The molecule has 184 valence electrons. The fourth-order valence-corrected chi connectivity index (χ4v) is 4.00. The number of halogens is 1. The van der Waals surface area contributed by atoms with Gasteiger partial charge >= 0.3 is 0 Å². The van der Waals surface area contributed by atoms with Crippen LogP contribution >= 0.6 is 12.4 Å². The number of aromatic nitrogens is 1. The minimum Gasteiger partial charge on any atom is -0.497 e. The summed E-state index contributed by atoms with van der Waals surface area (Å²) < 4.78 is 11.2. The summed E-state index contributed by atoms with van der Waals surface area (Å²) in [5.41, 5.74) is 3.34. The Hall–Kier alpha value is -3.32. The van der Waals surface area contributed by atoms with Crippen molar-refractivity contribution in [2.45, 2.75) is 32.1 Å². The summed E-state index contributed by atoms with van der Waals surface area (Å²) in [6.07, 6.45) is 0.0896. The Labute approximate surface area is 211 Å². The maximum atomic E-state index is 12.0. The first-order valence-electron chi connectivity index (χ1n) is 11.4. The number of benzene rings is 3. The molecule has 1 aromatic heterocycles. The van der Waals surface area contributed by atoms with Gasteiger partial charge in [-0.25, -0.2) is 0 Å². The normalized spacial score (nSPS) is 12.5. The number of ether oxygens (including phenoxy) is 2. The molecule has 2 atom stereocenters. The number of hydrogen-bond donors (Lipinski definition) is 3. The van der Waals surface area contributed by atoms with Crippen LogP contribution in [0.3, 0.4) is 0 Å². The van der Waals surface area contributed by atoms with E-state index in [1.807, 2.05) is 60.7 Å². The van der Waals surface area contributed by atoms with Gasteiger partial charge in [-0.3, -0.25) is 4.79 Å². The zero-order valence-electron chi connectivity index (χ0n) is 19.9. The molecule has 0 saturated heterocycles. The highest BCUT2D eigenvalue weighted by Gasteiger charge is 2.16. The van der Waals surface area contributed by atoms with Gasteiger partial charge in [0.25, 0.3) is 0 Å². The van der Waals surface area contributed by atoms with Crippen LogP contribution in [0.15, 0.2) is 83.7 Å². The molecule has 0 saturated carbocycles. The zero-order chi connectivity index (χ0) is 23.9. The van der Waals surface area contributed by atoms with Crippen LogP contribution in [0, 0.1) is 0 Å². The molecule has 0 radical (unpaired) electrons. The van der Waals surface area contributed by atoms with Crippen molar-refractivity contribution in [3.8, 4) is 11.5 Å². The number of aliphatic hydroxyl groups excluding tert-OH is 1. The fraction of sp³-hybridized carbons (Fsp3) is 0.250. The molecule has 0 aliphatic rings. The van der Waals surface area contributed by atoms with E-state index in [4.69, 9.17) is 9.47 Å². The van der Waals surface area contributed by atoms with Crippen molar-refractivity contribution in [2.24, 2.45) is 0 Å². The first-order valence-corrected chi connectivity index (χ1v) is 11.4. The van der Waals surface area contributed by atoms with Crippen LogP contribution in [0.2, 0.25) is 0 Å². The molecule has 0 fully saturated rings. The Morgan fingerprint density at radius 1 is 0.943 bits per heavy atom. The van der Waals surface area contributed by atoms with Crippen molar-refractivity contribution in [3.63, 3.8) is 0 Å². The molecule has 7 heteroatoms. The molecule has 35 heavy (non-hydrogen) atoms. The third-order valence-corrected chi connectivity index (χ3v) is 5.85. The standard InChI is InChI=1S/C28H30N2O4.ClH/c1-19(16-20-8-10-22(33-2)11-9-20)29-17-25(31)23-12-14-26(28-24(23)13-15-27(32)30-28)34-18-21-6-4-3-5-7-21;/h3-15,19,25,29,31H,16-18H2,1-2H3,(H,30,32);1H/t19-,25-;/m0./s1. The lowest BCUT2D eigenvalue weighted by atomic mass is 10.0. The van der Waals surface area contributed by atoms with E-state index in [9.17, 15) is 9.90 Å². The Morgan fingerprint density at radius 2 is 1.69 bits per heavy atom. The van der Waals surface area contributed by atoms with Crippen LogP contribution in [0.25, 0.3) is 10.9 Å². The van der Waals surface area contributed by atoms with E-state index in [2.05, 4.69) is 17.2 Å². The summed E-state index contributed by atoms with van der Waals surface area (Å²) >= 11 is 0. The van der Waals surface area contributed by atoms with E-state index in [0.29, 0.717) is 24.4 Å². The highest BCUT2D eigenvalue weighted by Crippen LogP contribution is 2.30. The van der Waals surface area contributed by atoms with Gasteiger partial charge in [-0.2, -0.15) is 0 Å². The molecule has 0 spiro atoms. The largest absolute Gasteiger partial charge is 0.497 e. The molecule has 4 rings (SSSR count). The molecule has 0 aliphatic heterocycles. The second-order valence-corrected chi connectivity index (χ2v) is 8.42. The molecular formula is C28H31ClN2O4. The molecule has 3 aromatic carbocycles. The van der Waals surface area contributed by atoms with Crippen LogP contribution in [0.1, 0.15) is 29.7 Å². The third kappa shape index (κ3) is 6.85. The van der Waals surface area contributed by atoms with E-state index < -0.39 is 6.10 Å². The Balaban J connectivity index is 0.00000342. The molecule has 0 amide bonds. The molecule has 6 nitrogen and oxygen atoms in total. The molecule has 0 bridgehead atoms. The van der Waals surface area contributed by atoms with Crippen LogP contribution in [0.4, 0.5) is 0 Å². The Kier molecular flexibility index (Phi) is 9.32. The van der Waals surface area contributed by atoms with Gasteiger partial charge in [-0.15, -0.1) is 12.4 Å². The monoisotopic (exact) mass is 494 g/mol. The second kappa shape index (κ2) is 12.4. The minimum atomic E-state index is -0.741. The molecule has 1 heterocycles. The van der Waals surface area contributed by atoms with E-state index in [1.165, 1.54) is 11.6 Å². The van der Waals surface area contributed by atoms with Crippen molar-refractivity contribution < 1.29 is 14.6 Å². The number of hydrogen-bond acceptors (Lipinski definition) is 5. The second-order valence-electron chi connectivity index (χ2n) is 8.42. The summed E-state index contributed by atoms with van der Waals surface area (Å²) in [6.45, 7) is 2.86. The average molecular weight is 495 g/mol. The quantitative estimate of drug-likeness (QED) is 0.295. The van der Waals surface area contributed by atoms with Gasteiger partial charge in [-0.05, 0) is 54.3 Å². The van der Waals surface area contributed by atoms with Crippen molar-refractivity contribution in [1.82, 2.24) is 10.3 Å². The number of aliphatic hydroxyl groups is 1. The van der Waals surface area contributed by atoms with Crippen LogP contribution in [0.5, 0.6) is 11.5 Å². The summed E-state index contributed by atoms with van der Waals surface area (Å²) in [5, 5.41) is 15.1. The molecule has 4 aromatic rings. The summed E-state index contributed by atoms with van der Waals surface area (Å²) in [6, 6.07) is 24.9. The van der Waals surface area contributed by atoms with E-state index in [0.717, 1.165) is 28.7 Å². The van der Waals surface area contributed by atoms with Crippen molar-refractivity contribution in [3.05, 3.63) is 106 Å². The third-order valence-electron chi connectivity index (χ3n) is 5.85. The summed E-state index contributed by atoms with van der Waals surface area (Å²) in [7, 11) is 1.65. The van der Waals surface area contributed by atoms with Gasteiger partial charge < -0.3 is 24.9 Å². The first-order chi connectivity index (χ1) is 16.5. The lowest BCUT2D eigenvalue weighted by molar-refractivity contribution is 0.172. The van der Waals surface area contributed by atoms with E-state index >= 15 is 0 Å². The number of methoxy groups -OCH3 is 1. The van der Waals surface area contributed by atoms with Crippen LogP contribution < -0.4 is 20.3 Å². The molecular weight excluding hydrogens is 464 g/mol. The number of rotatable bonds is 10. The van der Waals surface area contributed by atoms with Gasteiger partial charge in [0.05, 0.1) is 18.7 Å². The van der Waals surface area contributed by atoms with Gasteiger partial charge in [0.1, 0.15) is 18.1 Å². The first kappa shape index (κ1) is 26.3. The Bertz CT molecular complexity index is 1280. The lowest BCUT2D eigenvalue weighted by Gasteiger charge is -2.20. The lowest BCUT2D eigenvalue weighted by Crippen LogP contribution is -2.32. The number of H-pyrrole nitrogens is 1. The summed E-state index contributed by atoms with van der Waals surface area (Å²) in [4.78, 5) is 14.9. The minimum absolute atomic E-state index is 0. The Morgan fingerprint density at radius 3 is 2.40 bits per heavy atom. The molecule has 0 unspecified atom stereocenters. The maximum absolute atomic E-state index is 12.0. The summed E-state index contributed by atoms with van der Waals surface area (Å²) in [5.74, 6) is 1.41. The van der Waals surface area contributed by atoms with Gasteiger partial charge in [0.15, 0.2) is 0 Å².